The standard InChI is InChI=1S/C13H20N2O2S/c1-15(2)11-5-3-10(4-6-11)12-14-13(7-16,8-17)9-18-12/h3-6,12,14,16-17H,7-9H2,1-2H3/t12-/m1/s1. The molecule has 4 nitrogen and oxygen atoms in total. The lowest BCUT2D eigenvalue weighted by Crippen LogP contribution is -2.49. The molecule has 0 aliphatic carbocycles. The van der Waals surface area contributed by atoms with E-state index < -0.39 is 5.54 Å². The van der Waals surface area contributed by atoms with Crippen LogP contribution in [0.3, 0.4) is 0 Å². The molecule has 0 unspecified atom stereocenters. The Morgan fingerprint density at radius 2 is 1.89 bits per heavy atom. The van der Waals surface area contributed by atoms with Gasteiger partial charge in [0.2, 0.25) is 0 Å². The highest BCUT2D eigenvalue weighted by Gasteiger charge is 2.38. The number of hydrogen-bond donors (Lipinski definition) is 3. The molecular formula is C13H20N2O2S. The van der Waals surface area contributed by atoms with Gasteiger partial charge in [-0.1, -0.05) is 12.1 Å². The van der Waals surface area contributed by atoms with Crippen molar-refractivity contribution < 1.29 is 10.2 Å². The van der Waals surface area contributed by atoms with Crippen LogP contribution in [0.2, 0.25) is 0 Å². The molecule has 1 aliphatic rings. The van der Waals surface area contributed by atoms with Crippen LogP contribution in [0.1, 0.15) is 10.9 Å². The van der Waals surface area contributed by atoms with Crippen LogP contribution >= 0.6 is 11.8 Å². The van der Waals surface area contributed by atoms with Crippen LogP contribution in [0.15, 0.2) is 24.3 Å². The van der Waals surface area contributed by atoms with E-state index in [1.807, 2.05) is 14.1 Å². The summed E-state index contributed by atoms with van der Waals surface area (Å²) in [7, 11) is 4.03. The van der Waals surface area contributed by atoms with E-state index in [1.54, 1.807) is 11.8 Å². The molecule has 1 aromatic carbocycles. The first-order valence-corrected chi connectivity index (χ1v) is 7.03. The van der Waals surface area contributed by atoms with Gasteiger partial charge in [-0.15, -0.1) is 11.8 Å². The quantitative estimate of drug-likeness (QED) is 0.754. The molecule has 1 fully saturated rings. The Bertz CT molecular complexity index is 390. The second-order valence-corrected chi connectivity index (χ2v) is 6.01. The first kappa shape index (κ1) is 13.7. The van der Waals surface area contributed by atoms with E-state index in [0.29, 0.717) is 0 Å². The van der Waals surface area contributed by atoms with Crippen LogP contribution < -0.4 is 10.2 Å². The third-order valence-electron chi connectivity index (χ3n) is 3.28. The number of anilines is 1. The van der Waals surface area contributed by atoms with Gasteiger partial charge >= 0.3 is 0 Å². The molecule has 1 saturated heterocycles. The highest BCUT2D eigenvalue weighted by atomic mass is 32.2. The van der Waals surface area contributed by atoms with Crippen LogP contribution in [0.25, 0.3) is 0 Å². The Morgan fingerprint density at radius 1 is 1.28 bits per heavy atom. The van der Waals surface area contributed by atoms with Crippen LogP contribution in [-0.2, 0) is 0 Å². The van der Waals surface area contributed by atoms with Gasteiger partial charge in [0.25, 0.3) is 0 Å². The van der Waals surface area contributed by atoms with Crippen molar-refractivity contribution in [1.29, 1.82) is 0 Å². The third kappa shape index (κ3) is 2.64. The second-order valence-electron chi connectivity index (χ2n) is 4.92. The van der Waals surface area contributed by atoms with Crippen molar-refractivity contribution in [2.24, 2.45) is 0 Å². The van der Waals surface area contributed by atoms with Gasteiger partial charge in [-0.3, -0.25) is 5.32 Å². The molecule has 0 amide bonds. The van der Waals surface area contributed by atoms with Crippen molar-refractivity contribution in [1.82, 2.24) is 5.32 Å². The first-order valence-electron chi connectivity index (χ1n) is 5.98. The van der Waals surface area contributed by atoms with E-state index in [4.69, 9.17) is 0 Å². The van der Waals surface area contributed by atoms with Gasteiger partial charge in [0.05, 0.1) is 24.1 Å². The summed E-state index contributed by atoms with van der Waals surface area (Å²) < 4.78 is 0. The van der Waals surface area contributed by atoms with Crippen LogP contribution in [0, 0.1) is 0 Å². The molecule has 18 heavy (non-hydrogen) atoms. The summed E-state index contributed by atoms with van der Waals surface area (Å²) in [6, 6.07) is 8.33. The molecule has 3 N–H and O–H groups in total. The number of rotatable bonds is 4. The van der Waals surface area contributed by atoms with Crippen molar-refractivity contribution in [2.75, 3.05) is 38.0 Å². The van der Waals surface area contributed by atoms with Gasteiger partial charge in [0, 0.05) is 25.5 Å². The Balaban J connectivity index is 2.09. The van der Waals surface area contributed by atoms with Crippen LogP contribution in [-0.4, -0.2) is 48.8 Å². The molecule has 100 valence electrons. The molecule has 1 atom stereocenters. The number of benzene rings is 1. The number of nitrogens with zero attached hydrogens (tertiary/aromatic N) is 1. The number of aliphatic hydroxyl groups is 2. The fourth-order valence-corrected chi connectivity index (χ4v) is 3.40. The number of thioether (sulfide) groups is 1. The van der Waals surface area contributed by atoms with Crippen LogP contribution in [0.4, 0.5) is 5.69 Å². The second kappa shape index (κ2) is 5.48. The summed E-state index contributed by atoms with van der Waals surface area (Å²) >= 11 is 1.72. The van der Waals surface area contributed by atoms with E-state index in [9.17, 15) is 10.2 Å². The average Bonchev–Trinajstić information content (AvgIpc) is 2.84. The monoisotopic (exact) mass is 268 g/mol. The van der Waals surface area contributed by atoms with E-state index in [-0.39, 0.29) is 18.6 Å². The zero-order chi connectivity index (χ0) is 13.2. The molecule has 1 heterocycles. The number of nitrogens with one attached hydrogen (secondary N) is 1. The number of hydrogen-bond acceptors (Lipinski definition) is 5. The zero-order valence-corrected chi connectivity index (χ0v) is 11.6. The molecule has 0 bridgehead atoms. The Hall–Kier alpha value is -0.750. The zero-order valence-electron chi connectivity index (χ0n) is 10.8. The molecular weight excluding hydrogens is 248 g/mol. The molecule has 1 aliphatic heterocycles. The van der Waals surface area contributed by atoms with Crippen molar-refractivity contribution in [3.05, 3.63) is 29.8 Å². The highest BCUT2D eigenvalue weighted by molar-refractivity contribution is 7.99. The van der Waals surface area contributed by atoms with Gasteiger partial charge in [-0.2, -0.15) is 0 Å². The minimum Gasteiger partial charge on any atom is -0.394 e. The first-order chi connectivity index (χ1) is 8.60. The number of aliphatic hydroxyl groups excluding tert-OH is 2. The Labute approximate surface area is 112 Å². The van der Waals surface area contributed by atoms with Gasteiger partial charge < -0.3 is 15.1 Å². The van der Waals surface area contributed by atoms with Crippen molar-refractivity contribution in [2.45, 2.75) is 10.9 Å². The summed E-state index contributed by atoms with van der Waals surface area (Å²) in [6.07, 6.45) is 0. The summed E-state index contributed by atoms with van der Waals surface area (Å²) in [5.41, 5.74) is 1.79. The maximum atomic E-state index is 9.36. The predicted octanol–water partition coefficient (Wildman–Crippen LogP) is 0.811. The molecule has 0 aromatic heterocycles. The Kier molecular flexibility index (Phi) is 4.17. The smallest absolute Gasteiger partial charge is 0.0796 e. The maximum Gasteiger partial charge on any atom is 0.0796 e. The molecule has 2 rings (SSSR count). The Morgan fingerprint density at radius 3 is 2.33 bits per heavy atom. The fraction of sp³-hybridized carbons (Fsp3) is 0.538. The van der Waals surface area contributed by atoms with Crippen molar-refractivity contribution >= 4 is 17.4 Å². The minimum absolute atomic E-state index is 0.0389. The van der Waals surface area contributed by atoms with Gasteiger partial charge in [-0.25, -0.2) is 0 Å². The highest BCUT2D eigenvalue weighted by Crippen LogP contribution is 2.37. The SMILES string of the molecule is CN(C)c1ccc([C@@H]2NC(CO)(CO)CS2)cc1. The third-order valence-corrected chi connectivity index (χ3v) is 4.72. The predicted molar refractivity (Wildman–Crippen MR) is 76.0 cm³/mol. The lowest BCUT2D eigenvalue weighted by Gasteiger charge is -2.24. The average molecular weight is 268 g/mol. The maximum absolute atomic E-state index is 9.36. The van der Waals surface area contributed by atoms with Gasteiger partial charge in [0.15, 0.2) is 0 Å². The molecule has 1 aromatic rings. The lowest BCUT2D eigenvalue weighted by atomic mass is 10.0. The normalized spacial score (nSPS) is 22.1. The molecule has 0 spiro atoms. The summed E-state index contributed by atoms with van der Waals surface area (Å²) in [5.74, 6) is 0.722. The van der Waals surface area contributed by atoms with E-state index in [1.165, 1.54) is 5.56 Å². The molecule has 5 heteroatoms. The summed E-state index contributed by atoms with van der Waals surface area (Å²) in [6.45, 7) is -0.0778. The van der Waals surface area contributed by atoms with E-state index >= 15 is 0 Å². The summed E-state index contributed by atoms with van der Waals surface area (Å²) in [5, 5.41) is 22.2. The van der Waals surface area contributed by atoms with Crippen LogP contribution in [0.5, 0.6) is 0 Å². The summed E-state index contributed by atoms with van der Waals surface area (Å²) in [4.78, 5) is 2.06. The lowest BCUT2D eigenvalue weighted by molar-refractivity contribution is 0.112. The van der Waals surface area contributed by atoms with Gasteiger partial charge in [0.1, 0.15) is 0 Å². The van der Waals surface area contributed by atoms with E-state index in [0.717, 1.165) is 11.4 Å². The van der Waals surface area contributed by atoms with Crippen molar-refractivity contribution in [3.63, 3.8) is 0 Å². The minimum atomic E-state index is -0.546. The largest absolute Gasteiger partial charge is 0.394 e. The molecule has 0 saturated carbocycles. The molecule has 0 radical (unpaired) electrons. The topological polar surface area (TPSA) is 55.7 Å². The van der Waals surface area contributed by atoms with Gasteiger partial charge in [-0.05, 0) is 17.7 Å². The fourth-order valence-electron chi connectivity index (χ4n) is 1.96. The van der Waals surface area contributed by atoms with Crippen molar-refractivity contribution in [3.8, 4) is 0 Å². The van der Waals surface area contributed by atoms with E-state index in [2.05, 4.69) is 34.5 Å².